The number of aliphatic hydroxyl groups is 1. The summed E-state index contributed by atoms with van der Waals surface area (Å²) in [5.74, 6) is -8.24. The SMILES string of the molecule is CC(O)(c1ccccc1)C(F)(F)C(=O)C(F)(F)F. The zero-order valence-electron chi connectivity index (χ0n) is 9.13. The molecular weight excluding hydrogens is 259 g/mol. The molecule has 100 valence electrons. The zero-order chi connectivity index (χ0) is 14.2. The van der Waals surface area contributed by atoms with Gasteiger partial charge in [-0.15, -0.1) is 0 Å². The van der Waals surface area contributed by atoms with Crippen molar-refractivity contribution in [2.75, 3.05) is 0 Å². The highest BCUT2D eigenvalue weighted by Crippen LogP contribution is 2.41. The highest BCUT2D eigenvalue weighted by molar-refractivity contribution is 5.92. The number of hydrogen-bond donors (Lipinski definition) is 1. The Morgan fingerprint density at radius 2 is 1.50 bits per heavy atom. The third-order valence-electron chi connectivity index (χ3n) is 2.49. The highest BCUT2D eigenvalue weighted by Gasteiger charge is 2.64. The highest BCUT2D eigenvalue weighted by atomic mass is 19.4. The van der Waals surface area contributed by atoms with Crippen molar-refractivity contribution >= 4 is 5.78 Å². The average Bonchev–Trinajstić information content (AvgIpc) is 2.27. The predicted molar refractivity (Wildman–Crippen MR) is 52.0 cm³/mol. The molecule has 18 heavy (non-hydrogen) atoms. The second kappa shape index (κ2) is 4.31. The van der Waals surface area contributed by atoms with E-state index in [4.69, 9.17) is 0 Å². The molecule has 1 rings (SSSR count). The van der Waals surface area contributed by atoms with Crippen molar-refractivity contribution in [1.29, 1.82) is 0 Å². The van der Waals surface area contributed by atoms with Crippen LogP contribution in [0.25, 0.3) is 0 Å². The van der Waals surface area contributed by atoms with E-state index >= 15 is 0 Å². The van der Waals surface area contributed by atoms with E-state index in [1.165, 1.54) is 18.2 Å². The number of carbonyl (C=O) groups is 1. The van der Waals surface area contributed by atoms with Gasteiger partial charge in [0.05, 0.1) is 0 Å². The maximum atomic E-state index is 13.5. The molecule has 0 aromatic heterocycles. The van der Waals surface area contributed by atoms with Gasteiger partial charge in [-0.3, -0.25) is 4.79 Å². The van der Waals surface area contributed by atoms with Crippen LogP contribution in [0.1, 0.15) is 12.5 Å². The monoisotopic (exact) mass is 268 g/mol. The molecule has 0 saturated carbocycles. The van der Waals surface area contributed by atoms with Crippen molar-refractivity contribution in [2.24, 2.45) is 0 Å². The van der Waals surface area contributed by atoms with Gasteiger partial charge in [0.2, 0.25) is 0 Å². The Balaban J connectivity index is 3.23. The lowest BCUT2D eigenvalue weighted by molar-refractivity contribution is -0.226. The second-order valence-corrected chi connectivity index (χ2v) is 3.84. The van der Waals surface area contributed by atoms with Gasteiger partial charge in [-0.2, -0.15) is 22.0 Å². The number of hydrogen-bond acceptors (Lipinski definition) is 2. The van der Waals surface area contributed by atoms with E-state index in [0.29, 0.717) is 6.92 Å². The normalized spacial score (nSPS) is 16.2. The zero-order valence-corrected chi connectivity index (χ0v) is 9.13. The molecule has 2 nitrogen and oxygen atoms in total. The quantitative estimate of drug-likeness (QED) is 0.856. The smallest absolute Gasteiger partial charge is 0.379 e. The van der Waals surface area contributed by atoms with Crippen molar-refractivity contribution in [2.45, 2.75) is 24.6 Å². The minimum atomic E-state index is -5.72. The van der Waals surface area contributed by atoms with Gasteiger partial charge in [0, 0.05) is 0 Å². The van der Waals surface area contributed by atoms with Crippen LogP contribution in [0.4, 0.5) is 22.0 Å². The van der Waals surface area contributed by atoms with Crippen molar-refractivity contribution in [1.82, 2.24) is 0 Å². The molecule has 1 aromatic carbocycles. The summed E-state index contributed by atoms with van der Waals surface area (Å²) in [7, 11) is 0. The first kappa shape index (κ1) is 14.6. The van der Waals surface area contributed by atoms with Crippen LogP contribution in [0.15, 0.2) is 30.3 Å². The summed E-state index contributed by atoms with van der Waals surface area (Å²) in [6, 6.07) is 5.98. The summed E-state index contributed by atoms with van der Waals surface area (Å²) in [6.45, 7) is 0.464. The van der Waals surface area contributed by atoms with Gasteiger partial charge in [-0.05, 0) is 12.5 Å². The number of Topliss-reactive ketones (excluding diaryl/α,β-unsaturated/α-hetero) is 1. The third-order valence-corrected chi connectivity index (χ3v) is 2.49. The molecule has 0 amide bonds. The largest absolute Gasteiger partial charge is 0.456 e. The average molecular weight is 268 g/mol. The molecule has 1 aromatic rings. The van der Waals surface area contributed by atoms with Gasteiger partial charge in [0.25, 0.3) is 0 Å². The summed E-state index contributed by atoms with van der Waals surface area (Å²) >= 11 is 0. The van der Waals surface area contributed by atoms with Crippen LogP contribution in [-0.4, -0.2) is 23.0 Å². The van der Waals surface area contributed by atoms with Crippen LogP contribution >= 0.6 is 0 Å². The molecule has 0 spiro atoms. The Bertz CT molecular complexity index is 436. The molecule has 0 heterocycles. The Morgan fingerprint density at radius 3 is 1.89 bits per heavy atom. The van der Waals surface area contributed by atoms with E-state index in [1.54, 1.807) is 0 Å². The van der Waals surface area contributed by atoms with Crippen molar-refractivity contribution in [3.05, 3.63) is 35.9 Å². The van der Waals surface area contributed by atoms with Gasteiger partial charge in [-0.25, -0.2) is 0 Å². The Kier molecular flexibility index (Phi) is 3.49. The Hall–Kier alpha value is -1.50. The molecule has 0 fully saturated rings. The minimum absolute atomic E-state index is 0.464. The maximum Gasteiger partial charge on any atom is 0.456 e. The van der Waals surface area contributed by atoms with E-state index in [-0.39, 0.29) is 0 Å². The van der Waals surface area contributed by atoms with E-state index in [2.05, 4.69) is 0 Å². The summed E-state index contributed by atoms with van der Waals surface area (Å²) in [6.07, 6.45) is -5.72. The fourth-order valence-corrected chi connectivity index (χ4v) is 1.34. The molecule has 1 unspecified atom stereocenters. The van der Waals surface area contributed by atoms with Crippen LogP contribution in [-0.2, 0) is 10.4 Å². The molecule has 1 N–H and O–H groups in total. The molecule has 0 radical (unpaired) electrons. The van der Waals surface area contributed by atoms with E-state index < -0.39 is 29.0 Å². The lowest BCUT2D eigenvalue weighted by Crippen LogP contribution is -2.53. The third kappa shape index (κ3) is 2.35. The number of carbonyl (C=O) groups excluding carboxylic acids is 1. The van der Waals surface area contributed by atoms with E-state index in [0.717, 1.165) is 12.1 Å². The van der Waals surface area contributed by atoms with Crippen LogP contribution in [0.2, 0.25) is 0 Å². The molecule has 0 bridgehead atoms. The van der Waals surface area contributed by atoms with Crippen molar-refractivity contribution < 1.29 is 31.9 Å². The summed E-state index contributed by atoms with van der Waals surface area (Å²) < 4.78 is 63.1. The number of benzene rings is 1. The first-order valence-electron chi connectivity index (χ1n) is 4.78. The summed E-state index contributed by atoms with van der Waals surface area (Å²) in [5, 5.41) is 9.58. The van der Waals surface area contributed by atoms with Crippen molar-refractivity contribution in [3.8, 4) is 0 Å². The topological polar surface area (TPSA) is 37.3 Å². The van der Waals surface area contributed by atoms with Gasteiger partial charge in [0.1, 0.15) is 0 Å². The Morgan fingerprint density at radius 1 is 1.06 bits per heavy atom. The Labute approximate surface area is 99.0 Å². The van der Waals surface area contributed by atoms with E-state index in [9.17, 15) is 31.9 Å². The molecule has 0 saturated heterocycles. The van der Waals surface area contributed by atoms with Crippen LogP contribution in [0, 0.1) is 0 Å². The van der Waals surface area contributed by atoms with Crippen LogP contribution in [0.5, 0.6) is 0 Å². The number of rotatable bonds is 3. The van der Waals surface area contributed by atoms with E-state index in [1.807, 2.05) is 0 Å². The molecule has 0 aliphatic heterocycles. The number of ketones is 1. The van der Waals surface area contributed by atoms with Gasteiger partial charge in [-0.1, -0.05) is 30.3 Å². The number of halogens is 5. The standard InChI is InChI=1S/C11H9F5O2/c1-9(18,7-5-3-2-4-6-7)10(12,13)8(17)11(14,15)16/h2-6,18H,1H3. The maximum absolute atomic E-state index is 13.5. The molecule has 0 aliphatic carbocycles. The van der Waals surface area contributed by atoms with Gasteiger partial charge in [0.15, 0.2) is 5.60 Å². The van der Waals surface area contributed by atoms with Gasteiger partial charge < -0.3 is 5.11 Å². The summed E-state index contributed by atoms with van der Waals surface area (Å²) in [4.78, 5) is 10.7. The van der Waals surface area contributed by atoms with Crippen molar-refractivity contribution in [3.63, 3.8) is 0 Å². The summed E-state index contributed by atoms with van der Waals surface area (Å²) in [5.41, 5.74) is -3.71. The molecule has 7 heteroatoms. The number of alkyl halides is 5. The molecular formula is C11H9F5O2. The first-order chi connectivity index (χ1) is 8.01. The molecule has 1 atom stereocenters. The van der Waals surface area contributed by atoms with Gasteiger partial charge >= 0.3 is 17.9 Å². The first-order valence-corrected chi connectivity index (χ1v) is 4.78. The predicted octanol–water partition coefficient (Wildman–Crippen LogP) is 2.66. The fraction of sp³-hybridized carbons (Fsp3) is 0.364. The van der Waals surface area contributed by atoms with Crippen LogP contribution < -0.4 is 0 Å². The fourth-order valence-electron chi connectivity index (χ4n) is 1.34. The lowest BCUT2D eigenvalue weighted by Gasteiger charge is -2.32. The second-order valence-electron chi connectivity index (χ2n) is 3.84. The molecule has 0 aliphatic rings. The lowest BCUT2D eigenvalue weighted by atomic mass is 9.86. The minimum Gasteiger partial charge on any atom is -0.379 e. The van der Waals surface area contributed by atoms with Crippen LogP contribution in [0.3, 0.4) is 0 Å².